The molecule has 1 heterocycles. The third-order valence-corrected chi connectivity index (χ3v) is 3.31. The number of hydrogen-bond acceptors (Lipinski definition) is 6. The van der Waals surface area contributed by atoms with Crippen LogP contribution in [0.3, 0.4) is 0 Å². The van der Waals surface area contributed by atoms with Crippen molar-refractivity contribution in [2.75, 3.05) is 37.2 Å². The molecule has 0 aliphatic rings. The third-order valence-electron chi connectivity index (χ3n) is 3.31. The average molecular weight is 263 g/mol. The Morgan fingerprint density at radius 2 is 1.95 bits per heavy atom. The summed E-state index contributed by atoms with van der Waals surface area (Å²) in [5, 5.41) is 11.0. The molecule has 0 radical (unpaired) electrons. The fraction of sp³-hybridized carbons (Fsp3) is 0.538. The lowest BCUT2D eigenvalue weighted by molar-refractivity contribution is 0.303. The Kier molecular flexibility index (Phi) is 4.57. The number of anilines is 2. The van der Waals surface area contributed by atoms with Crippen LogP contribution in [0.25, 0.3) is 11.0 Å². The molecule has 6 heteroatoms. The van der Waals surface area contributed by atoms with E-state index in [1.165, 1.54) is 0 Å². The second kappa shape index (κ2) is 6.38. The van der Waals surface area contributed by atoms with Crippen LogP contribution in [0.2, 0.25) is 0 Å². The van der Waals surface area contributed by atoms with Crippen LogP contribution in [-0.2, 0) is 0 Å². The SMILES string of the molecule is CCN(CC)CCCNc1ccc(N)c2nonc12. The molecule has 0 fully saturated rings. The van der Waals surface area contributed by atoms with Gasteiger partial charge in [-0.2, -0.15) is 0 Å². The molecule has 6 nitrogen and oxygen atoms in total. The number of aromatic nitrogens is 2. The first kappa shape index (κ1) is 13.6. The van der Waals surface area contributed by atoms with Crippen LogP contribution in [-0.4, -0.2) is 41.4 Å². The minimum Gasteiger partial charge on any atom is -0.397 e. The van der Waals surface area contributed by atoms with Crippen molar-refractivity contribution >= 4 is 22.4 Å². The summed E-state index contributed by atoms with van der Waals surface area (Å²) in [6, 6.07) is 3.73. The predicted molar refractivity (Wildman–Crippen MR) is 77.1 cm³/mol. The fourth-order valence-corrected chi connectivity index (χ4v) is 2.09. The van der Waals surface area contributed by atoms with Gasteiger partial charge in [0, 0.05) is 6.54 Å². The highest BCUT2D eigenvalue weighted by atomic mass is 16.6. The van der Waals surface area contributed by atoms with Gasteiger partial charge in [0.15, 0.2) is 11.0 Å². The molecule has 1 aromatic carbocycles. The molecular weight excluding hydrogens is 242 g/mol. The summed E-state index contributed by atoms with van der Waals surface area (Å²) in [5.41, 5.74) is 8.63. The van der Waals surface area contributed by atoms with Crippen molar-refractivity contribution in [3.8, 4) is 0 Å². The lowest BCUT2D eigenvalue weighted by Crippen LogP contribution is -2.25. The minimum atomic E-state index is 0.588. The summed E-state index contributed by atoms with van der Waals surface area (Å²) in [5.74, 6) is 0. The molecule has 2 aromatic rings. The van der Waals surface area contributed by atoms with Gasteiger partial charge in [0.05, 0.1) is 11.4 Å². The van der Waals surface area contributed by atoms with E-state index in [9.17, 15) is 0 Å². The summed E-state index contributed by atoms with van der Waals surface area (Å²) in [6.07, 6.45) is 1.08. The van der Waals surface area contributed by atoms with Gasteiger partial charge in [-0.1, -0.05) is 13.8 Å². The Balaban J connectivity index is 1.92. The summed E-state index contributed by atoms with van der Waals surface area (Å²) >= 11 is 0. The van der Waals surface area contributed by atoms with Crippen molar-refractivity contribution in [3.05, 3.63) is 12.1 Å². The summed E-state index contributed by atoms with van der Waals surface area (Å²) in [4.78, 5) is 2.40. The number of hydrogen-bond donors (Lipinski definition) is 2. The molecule has 0 atom stereocenters. The van der Waals surface area contributed by atoms with E-state index in [0.717, 1.165) is 38.3 Å². The van der Waals surface area contributed by atoms with Crippen molar-refractivity contribution in [1.29, 1.82) is 0 Å². The lowest BCUT2D eigenvalue weighted by Gasteiger charge is -2.17. The molecule has 104 valence electrons. The van der Waals surface area contributed by atoms with Gasteiger partial charge in [-0.05, 0) is 48.5 Å². The van der Waals surface area contributed by atoms with E-state index < -0.39 is 0 Å². The average Bonchev–Trinajstić information content (AvgIpc) is 2.91. The highest BCUT2D eigenvalue weighted by Crippen LogP contribution is 2.24. The Morgan fingerprint density at radius 1 is 1.21 bits per heavy atom. The summed E-state index contributed by atoms with van der Waals surface area (Å²) in [7, 11) is 0. The zero-order valence-electron chi connectivity index (χ0n) is 11.5. The smallest absolute Gasteiger partial charge is 0.160 e. The molecule has 3 N–H and O–H groups in total. The fourth-order valence-electron chi connectivity index (χ4n) is 2.09. The van der Waals surface area contributed by atoms with Gasteiger partial charge in [0.2, 0.25) is 0 Å². The Hall–Kier alpha value is -1.82. The molecule has 0 saturated carbocycles. The number of nitrogens with two attached hydrogens (primary N) is 1. The van der Waals surface area contributed by atoms with E-state index >= 15 is 0 Å². The first-order valence-corrected chi connectivity index (χ1v) is 6.73. The quantitative estimate of drug-likeness (QED) is 0.587. The lowest BCUT2D eigenvalue weighted by atomic mass is 10.2. The molecule has 0 aliphatic carbocycles. The number of nitrogens with one attached hydrogen (secondary N) is 1. The second-order valence-corrected chi connectivity index (χ2v) is 4.47. The van der Waals surface area contributed by atoms with Gasteiger partial charge >= 0.3 is 0 Å². The standard InChI is InChI=1S/C13H21N5O/c1-3-18(4-2)9-5-8-15-11-7-6-10(14)12-13(11)17-19-16-12/h6-7,15H,3-5,8-9,14H2,1-2H3. The molecule has 0 spiro atoms. The molecule has 2 rings (SSSR count). The van der Waals surface area contributed by atoms with Gasteiger partial charge < -0.3 is 16.0 Å². The third kappa shape index (κ3) is 3.14. The maximum absolute atomic E-state index is 5.80. The van der Waals surface area contributed by atoms with Gasteiger partial charge in [0.1, 0.15) is 0 Å². The van der Waals surface area contributed by atoms with E-state index in [4.69, 9.17) is 10.4 Å². The first-order valence-electron chi connectivity index (χ1n) is 6.73. The predicted octanol–water partition coefficient (Wildman–Crippen LogP) is 1.95. The number of nitrogens with zero attached hydrogens (tertiary/aromatic N) is 3. The summed E-state index contributed by atoms with van der Waals surface area (Å²) < 4.78 is 4.74. The van der Waals surface area contributed by atoms with Crippen LogP contribution in [0.1, 0.15) is 20.3 Å². The monoisotopic (exact) mass is 263 g/mol. The summed E-state index contributed by atoms with van der Waals surface area (Å²) in [6.45, 7) is 8.53. The highest BCUT2D eigenvalue weighted by Gasteiger charge is 2.09. The van der Waals surface area contributed by atoms with Crippen molar-refractivity contribution in [3.63, 3.8) is 0 Å². The van der Waals surface area contributed by atoms with Gasteiger partial charge in [0.25, 0.3) is 0 Å². The van der Waals surface area contributed by atoms with E-state index in [0.29, 0.717) is 16.7 Å². The van der Waals surface area contributed by atoms with Gasteiger partial charge in [-0.3, -0.25) is 0 Å². The zero-order chi connectivity index (χ0) is 13.7. The topological polar surface area (TPSA) is 80.2 Å². The van der Waals surface area contributed by atoms with Gasteiger partial charge in [-0.25, -0.2) is 4.63 Å². The number of rotatable bonds is 7. The van der Waals surface area contributed by atoms with Crippen LogP contribution < -0.4 is 11.1 Å². The van der Waals surface area contributed by atoms with Crippen LogP contribution in [0.15, 0.2) is 16.8 Å². The molecular formula is C13H21N5O. The largest absolute Gasteiger partial charge is 0.397 e. The van der Waals surface area contributed by atoms with Crippen molar-refractivity contribution in [2.24, 2.45) is 0 Å². The zero-order valence-corrected chi connectivity index (χ0v) is 11.5. The molecule has 0 saturated heterocycles. The molecule has 19 heavy (non-hydrogen) atoms. The number of nitrogen functional groups attached to an aromatic ring is 1. The van der Waals surface area contributed by atoms with E-state index in [2.05, 4.69) is 34.4 Å². The van der Waals surface area contributed by atoms with Crippen molar-refractivity contribution in [1.82, 2.24) is 15.2 Å². The van der Waals surface area contributed by atoms with Crippen LogP contribution in [0.5, 0.6) is 0 Å². The van der Waals surface area contributed by atoms with E-state index in [1.54, 1.807) is 0 Å². The Morgan fingerprint density at radius 3 is 2.68 bits per heavy atom. The first-order chi connectivity index (χ1) is 9.26. The molecule has 0 aliphatic heterocycles. The maximum atomic E-state index is 5.80. The Labute approximate surface area is 112 Å². The van der Waals surface area contributed by atoms with E-state index in [1.807, 2.05) is 12.1 Å². The second-order valence-electron chi connectivity index (χ2n) is 4.47. The minimum absolute atomic E-state index is 0.588. The van der Waals surface area contributed by atoms with Gasteiger partial charge in [-0.15, -0.1) is 0 Å². The maximum Gasteiger partial charge on any atom is 0.160 e. The highest BCUT2D eigenvalue weighted by molar-refractivity contribution is 5.94. The van der Waals surface area contributed by atoms with Crippen LogP contribution in [0.4, 0.5) is 11.4 Å². The number of benzene rings is 1. The number of fused-ring (bicyclic) bond motifs is 1. The van der Waals surface area contributed by atoms with Crippen molar-refractivity contribution < 1.29 is 4.63 Å². The van der Waals surface area contributed by atoms with Crippen LogP contribution in [0, 0.1) is 0 Å². The molecule has 0 bridgehead atoms. The Bertz CT molecular complexity index is 521. The van der Waals surface area contributed by atoms with E-state index in [-0.39, 0.29) is 0 Å². The molecule has 0 unspecified atom stereocenters. The van der Waals surface area contributed by atoms with Crippen LogP contribution >= 0.6 is 0 Å². The molecule has 1 aromatic heterocycles. The van der Waals surface area contributed by atoms with Crippen molar-refractivity contribution in [2.45, 2.75) is 20.3 Å². The molecule has 0 amide bonds. The normalized spacial score (nSPS) is 11.3.